The largest absolute Gasteiger partial charge is 0.396 e. The van der Waals surface area contributed by atoms with Crippen LogP contribution in [0.2, 0.25) is 0 Å². The number of ether oxygens (including phenoxy) is 1. The van der Waals surface area contributed by atoms with Crippen LogP contribution in [0.4, 0.5) is 5.69 Å². The van der Waals surface area contributed by atoms with Crippen molar-refractivity contribution in [2.75, 3.05) is 11.5 Å². The topological polar surface area (TPSA) is 104 Å². The lowest BCUT2D eigenvalue weighted by atomic mass is 9.67. The molecule has 2 amide bonds. The summed E-state index contributed by atoms with van der Waals surface area (Å²) >= 11 is 0. The van der Waals surface area contributed by atoms with Gasteiger partial charge in [0.15, 0.2) is 0 Å². The van der Waals surface area contributed by atoms with Crippen LogP contribution in [0.3, 0.4) is 0 Å². The van der Waals surface area contributed by atoms with Gasteiger partial charge in [-0.1, -0.05) is 0 Å². The summed E-state index contributed by atoms with van der Waals surface area (Å²) in [5.41, 5.74) is -0.159. The van der Waals surface area contributed by atoms with Crippen LogP contribution in [0.5, 0.6) is 0 Å². The van der Waals surface area contributed by atoms with Crippen LogP contribution >= 0.6 is 0 Å². The van der Waals surface area contributed by atoms with Gasteiger partial charge >= 0.3 is 0 Å². The number of aliphatic hydroxyl groups excluding tert-OH is 1. The van der Waals surface area contributed by atoms with E-state index in [2.05, 4.69) is 11.1 Å². The molecule has 0 unspecified atom stereocenters. The number of carbonyl (C=O) groups excluding carboxylic acids is 2. The van der Waals surface area contributed by atoms with Gasteiger partial charge in [-0.2, -0.15) is 5.26 Å². The molecule has 28 heavy (non-hydrogen) atoms. The highest BCUT2D eigenvalue weighted by molar-refractivity contribution is 6.26. The first-order chi connectivity index (χ1) is 13.5. The fourth-order valence-corrected chi connectivity index (χ4v) is 5.48. The number of carbonyl (C=O) groups is 2. The number of nitrogens with zero attached hydrogens (tertiary/aromatic N) is 3. The van der Waals surface area contributed by atoms with E-state index in [1.165, 1.54) is 4.90 Å². The number of aromatic nitrogens is 1. The summed E-state index contributed by atoms with van der Waals surface area (Å²) in [5, 5.41) is 19.5. The molecule has 142 valence electrons. The van der Waals surface area contributed by atoms with Crippen molar-refractivity contribution in [1.82, 2.24) is 4.98 Å². The Bertz CT molecular complexity index is 1070. The van der Waals surface area contributed by atoms with E-state index in [1.807, 2.05) is 6.92 Å². The second-order valence-electron chi connectivity index (χ2n) is 8.06. The van der Waals surface area contributed by atoms with E-state index >= 15 is 0 Å². The van der Waals surface area contributed by atoms with E-state index in [9.17, 15) is 20.0 Å². The molecule has 3 aliphatic heterocycles. The molecule has 5 rings (SSSR count). The monoisotopic (exact) mass is 377 g/mol. The van der Waals surface area contributed by atoms with E-state index in [-0.39, 0.29) is 18.4 Å². The number of benzene rings is 1. The molecule has 2 aromatic rings. The smallest absolute Gasteiger partial charge is 0.240 e. The van der Waals surface area contributed by atoms with Crippen molar-refractivity contribution >= 4 is 28.4 Å². The van der Waals surface area contributed by atoms with Gasteiger partial charge in [0.2, 0.25) is 11.8 Å². The molecule has 7 heteroatoms. The summed E-state index contributed by atoms with van der Waals surface area (Å²) in [4.78, 5) is 32.4. The van der Waals surface area contributed by atoms with Crippen molar-refractivity contribution in [3.63, 3.8) is 0 Å². The maximum absolute atomic E-state index is 13.5. The molecule has 4 atom stereocenters. The first kappa shape index (κ1) is 17.3. The molecule has 2 bridgehead atoms. The Morgan fingerprint density at radius 2 is 2.07 bits per heavy atom. The SMILES string of the molecule is C[C@]12CC[C@](CCO)(O1)[C@@H]1C(=O)N(c3ccc(C#N)c4ncccc34)C(=O)[C@@H]12. The molecule has 7 nitrogen and oxygen atoms in total. The molecular formula is C21H19N3O4. The minimum atomic E-state index is -0.781. The predicted octanol–water partition coefficient (Wildman–Crippen LogP) is 1.92. The normalized spacial score (nSPS) is 33.5. The van der Waals surface area contributed by atoms with Gasteiger partial charge in [-0.3, -0.25) is 14.6 Å². The second-order valence-corrected chi connectivity index (χ2v) is 8.06. The molecule has 1 aromatic heterocycles. The quantitative estimate of drug-likeness (QED) is 0.820. The van der Waals surface area contributed by atoms with Gasteiger partial charge in [-0.05, 0) is 44.0 Å². The van der Waals surface area contributed by atoms with Crippen LogP contribution in [-0.2, 0) is 14.3 Å². The number of amides is 2. The summed E-state index contributed by atoms with van der Waals surface area (Å²) in [7, 11) is 0. The molecule has 0 spiro atoms. The highest BCUT2D eigenvalue weighted by atomic mass is 16.5. The van der Waals surface area contributed by atoms with Crippen LogP contribution in [-0.4, -0.2) is 39.7 Å². The third-order valence-electron chi connectivity index (χ3n) is 6.65. The fourth-order valence-electron chi connectivity index (χ4n) is 5.48. The van der Waals surface area contributed by atoms with Gasteiger partial charge in [-0.25, -0.2) is 4.90 Å². The van der Waals surface area contributed by atoms with Crippen molar-refractivity contribution < 1.29 is 19.4 Å². The summed E-state index contributed by atoms with van der Waals surface area (Å²) in [6.07, 6.45) is 3.28. The van der Waals surface area contributed by atoms with Crippen molar-refractivity contribution in [3.05, 3.63) is 36.0 Å². The minimum Gasteiger partial charge on any atom is -0.396 e. The molecule has 0 saturated carbocycles. The number of anilines is 1. The molecule has 3 saturated heterocycles. The number of rotatable bonds is 3. The number of pyridine rings is 1. The zero-order valence-electron chi connectivity index (χ0n) is 15.4. The van der Waals surface area contributed by atoms with Crippen LogP contribution in [0.15, 0.2) is 30.5 Å². The van der Waals surface area contributed by atoms with Gasteiger partial charge in [-0.15, -0.1) is 0 Å². The van der Waals surface area contributed by atoms with Crippen molar-refractivity contribution in [2.45, 2.75) is 37.4 Å². The van der Waals surface area contributed by atoms with E-state index in [0.717, 1.165) is 0 Å². The van der Waals surface area contributed by atoms with Crippen LogP contribution < -0.4 is 4.90 Å². The highest BCUT2D eigenvalue weighted by Gasteiger charge is 2.73. The first-order valence-electron chi connectivity index (χ1n) is 9.42. The summed E-state index contributed by atoms with van der Waals surface area (Å²) < 4.78 is 6.22. The summed E-state index contributed by atoms with van der Waals surface area (Å²) in [6.45, 7) is 1.80. The number of imide groups is 1. The van der Waals surface area contributed by atoms with Crippen LogP contribution in [0.25, 0.3) is 10.9 Å². The van der Waals surface area contributed by atoms with Gasteiger partial charge in [0, 0.05) is 24.6 Å². The molecule has 0 radical (unpaired) electrons. The maximum atomic E-state index is 13.5. The van der Waals surface area contributed by atoms with E-state index < -0.39 is 23.0 Å². The van der Waals surface area contributed by atoms with Crippen molar-refractivity contribution in [1.29, 1.82) is 5.26 Å². The lowest BCUT2D eigenvalue weighted by Crippen LogP contribution is -2.42. The standard InChI is InChI=1S/C21H19N3O4/c1-20-6-7-21(28-20,8-10-25)16-15(20)18(26)24(19(16)27)14-5-4-12(11-22)17-13(14)3-2-9-23-17/h2-5,9,15-16,25H,6-8,10H2,1H3/t15-,16+,20-,21-/m1/s1. The van der Waals surface area contributed by atoms with Crippen molar-refractivity contribution in [3.8, 4) is 6.07 Å². The first-order valence-corrected chi connectivity index (χ1v) is 9.42. The Balaban J connectivity index is 1.67. The van der Waals surface area contributed by atoms with E-state index in [1.54, 1.807) is 30.5 Å². The van der Waals surface area contributed by atoms with E-state index in [4.69, 9.17) is 4.74 Å². The fraction of sp³-hybridized carbons (Fsp3) is 0.429. The number of fused-ring (bicyclic) bond motifs is 6. The lowest BCUT2D eigenvalue weighted by molar-refractivity contribution is -0.131. The number of nitriles is 1. The molecule has 4 heterocycles. The lowest BCUT2D eigenvalue weighted by Gasteiger charge is -2.30. The predicted molar refractivity (Wildman–Crippen MR) is 99.1 cm³/mol. The number of hydrogen-bond acceptors (Lipinski definition) is 6. The average molecular weight is 377 g/mol. The zero-order chi connectivity index (χ0) is 19.7. The Hall–Kier alpha value is -2.82. The summed E-state index contributed by atoms with van der Waals surface area (Å²) in [6, 6.07) is 8.83. The number of aliphatic hydroxyl groups is 1. The third-order valence-corrected chi connectivity index (χ3v) is 6.65. The Morgan fingerprint density at radius 1 is 1.29 bits per heavy atom. The van der Waals surface area contributed by atoms with Gasteiger partial charge in [0.25, 0.3) is 0 Å². The second kappa shape index (κ2) is 5.60. The Morgan fingerprint density at radius 3 is 2.82 bits per heavy atom. The average Bonchev–Trinajstić information content (AvgIpc) is 3.26. The Kier molecular flexibility index (Phi) is 3.46. The zero-order valence-corrected chi connectivity index (χ0v) is 15.4. The maximum Gasteiger partial charge on any atom is 0.240 e. The third kappa shape index (κ3) is 1.96. The highest BCUT2D eigenvalue weighted by Crippen LogP contribution is 2.62. The van der Waals surface area contributed by atoms with Crippen LogP contribution in [0, 0.1) is 23.2 Å². The van der Waals surface area contributed by atoms with Crippen molar-refractivity contribution in [2.24, 2.45) is 11.8 Å². The Labute approximate surface area is 161 Å². The minimum absolute atomic E-state index is 0.0928. The summed E-state index contributed by atoms with van der Waals surface area (Å²) in [5.74, 6) is -1.70. The number of hydrogen-bond donors (Lipinski definition) is 1. The molecule has 1 aromatic carbocycles. The molecule has 3 aliphatic rings. The van der Waals surface area contributed by atoms with Gasteiger partial charge < -0.3 is 9.84 Å². The molecular weight excluding hydrogens is 358 g/mol. The van der Waals surface area contributed by atoms with Gasteiger partial charge in [0.05, 0.1) is 39.8 Å². The molecule has 3 fully saturated rings. The van der Waals surface area contributed by atoms with E-state index in [0.29, 0.717) is 41.4 Å². The van der Waals surface area contributed by atoms with Gasteiger partial charge in [0.1, 0.15) is 6.07 Å². The molecule has 0 aliphatic carbocycles. The van der Waals surface area contributed by atoms with Crippen LogP contribution in [0.1, 0.15) is 31.7 Å². The molecule has 1 N–H and O–H groups in total.